The Morgan fingerprint density at radius 3 is 2.04 bits per heavy atom. The van der Waals surface area contributed by atoms with E-state index in [1.165, 1.54) is 10.8 Å². The summed E-state index contributed by atoms with van der Waals surface area (Å²) in [6.45, 7) is -0.356. The van der Waals surface area contributed by atoms with E-state index in [4.69, 9.17) is 18.2 Å². The molecule has 0 bridgehead atoms. The summed E-state index contributed by atoms with van der Waals surface area (Å²) in [6, 6.07) is 55.1. The smallest absolute Gasteiger partial charge is 0.434 e. The topological polar surface area (TPSA) is 49.7 Å². The third kappa shape index (κ3) is 3.69. The van der Waals surface area contributed by atoms with Crippen molar-refractivity contribution in [2.24, 2.45) is 0 Å². The molecule has 0 radical (unpaired) electrons. The van der Waals surface area contributed by atoms with Crippen LogP contribution in [0.5, 0.6) is 17.2 Å². The molecule has 0 spiro atoms. The lowest BCUT2D eigenvalue weighted by Crippen LogP contribution is -2.53. The van der Waals surface area contributed by atoms with E-state index in [0.29, 0.717) is 0 Å². The number of hydrogen-bond acceptors (Lipinski definition) is 4. The molecule has 5 heterocycles. The summed E-state index contributed by atoms with van der Waals surface area (Å²) in [5.74, 6) is 2.44. The number of aromatic nitrogens is 1. The normalized spacial score (nSPS) is 13.1. The molecular formula is C48H26BNO4. The predicted molar refractivity (Wildman–Crippen MR) is 218 cm³/mol. The summed E-state index contributed by atoms with van der Waals surface area (Å²) in [5, 5.41) is 6.65. The molecule has 0 aliphatic carbocycles. The van der Waals surface area contributed by atoms with Crippen molar-refractivity contribution < 1.29 is 18.2 Å². The Hall–Kier alpha value is -7.18. The van der Waals surface area contributed by atoms with Crippen LogP contribution in [0.4, 0.5) is 0 Å². The lowest BCUT2D eigenvalue weighted by atomic mass is 9.50. The van der Waals surface area contributed by atoms with E-state index < -0.39 is 0 Å². The van der Waals surface area contributed by atoms with Gasteiger partial charge in [0.05, 0.1) is 22.1 Å². The first-order valence-corrected chi connectivity index (χ1v) is 18.3. The second kappa shape index (κ2) is 10.2. The zero-order valence-electron chi connectivity index (χ0n) is 28.7. The van der Waals surface area contributed by atoms with Gasteiger partial charge in [0.25, 0.3) is 0 Å². The van der Waals surface area contributed by atoms with Crippen molar-refractivity contribution in [1.29, 1.82) is 0 Å². The average Bonchev–Trinajstić information content (AvgIpc) is 3.90. The van der Waals surface area contributed by atoms with Crippen molar-refractivity contribution in [1.82, 2.24) is 4.57 Å². The Morgan fingerprint density at radius 2 is 1.17 bits per heavy atom. The van der Waals surface area contributed by atoms with Gasteiger partial charge in [-0.05, 0) is 59.7 Å². The van der Waals surface area contributed by atoms with Crippen LogP contribution in [0.2, 0.25) is 0 Å². The quantitative estimate of drug-likeness (QED) is 0.169. The van der Waals surface area contributed by atoms with Crippen molar-refractivity contribution in [3.8, 4) is 45.2 Å². The fourth-order valence-electron chi connectivity index (χ4n) is 9.14. The van der Waals surface area contributed by atoms with Gasteiger partial charge in [0.1, 0.15) is 39.6 Å². The molecule has 0 unspecified atom stereocenters. The van der Waals surface area contributed by atoms with E-state index in [0.717, 1.165) is 111 Å². The molecule has 0 saturated heterocycles. The van der Waals surface area contributed by atoms with Crippen molar-refractivity contribution in [2.45, 2.75) is 0 Å². The second-order valence-corrected chi connectivity index (χ2v) is 14.3. The molecule has 0 atom stereocenters. The SMILES string of the molecule is c1ccc2c(c1)OB1c3cc(-c4cccc5c4oc4ccc6c7ccccc7oc6c45)ccc3Oc3cc(-n4c5ccccc5c5ccccc54)cc-2c31. The maximum absolute atomic E-state index is 6.92. The number of nitrogens with zero attached hydrogens (tertiary/aromatic N) is 1. The molecule has 6 heteroatoms. The van der Waals surface area contributed by atoms with E-state index >= 15 is 0 Å². The molecule has 0 fully saturated rings. The van der Waals surface area contributed by atoms with Crippen molar-refractivity contribution >= 4 is 83.5 Å². The molecular weight excluding hydrogens is 665 g/mol. The van der Waals surface area contributed by atoms with Gasteiger partial charge < -0.3 is 22.8 Å². The highest BCUT2D eigenvalue weighted by Crippen LogP contribution is 2.45. The summed E-state index contributed by atoms with van der Waals surface area (Å²) in [6.07, 6.45) is 0. The first-order valence-electron chi connectivity index (χ1n) is 18.3. The van der Waals surface area contributed by atoms with Gasteiger partial charge in [-0.25, -0.2) is 0 Å². The summed E-state index contributed by atoms with van der Waals surface area (Å²) >= 11 is 0. The van der Waals surface area contributed by atoms with Crippen molar-refractivity contribution in [3.05, 3.63) is 158 Å². The van der Waals surface area contributed by atoms with Gasteiger partial charge in [0.15, 0.2) is 0 Å². The summed E-state index contributed by atoms with van der Waals surface area (Å²) in [4.78, 5) is 0. The Bertz CT molecular complexity index is 3370. The minimum atomic E-state index is -0.356. The Kier molecular flexibility index (Phi) is 5.39. The molecule has 5 nitrogen and oxygen atoms in total. The number of rotatable bonds is 2. The highest BCUT2D eigenvalue weighted by Gasteiger charge is 2.41. The molecule has 13 rings (SSSR count). The molecule has 54 heavy (non-hydrogen) atoms. The highest BCUT2D eigenvalue weighted by atomic mass is 16.5. The van der Waals surface area contributed by atoms with Gasteiger partial charge in [0, 0.05) is 55.0 Å². The van der Waals surface area contributed by atoms with Crippen LogP contribution in [-0.4, -0.2) is 11.5 Å². The average molecular weight is 692 g/mol. The molecule has 3 aromatic heterocycles. The highest BCUT2D eigenvalue weighted by molar-refractivity contribution is 6.84. The summed E-state index contributed by atoms with van der Waals surface area (Å²) in [5.41, 5.74) is 12.9. The minimum Gasteiger partial charge on any atom is -0.551 e. The molecule has 11 aromatic rings. The third-order valence-corrected chi connectivity index (χ3v) is 11.5. The van der Waals surface area contributed by atoms with Crippen LogP contribution in [-0.2, 0) is 0 Å². The van der Waals surface area contributed by atoms with Crippen LogP contribution >= 0.6 is 0 Å². The molecule has 250 valence electrons. The fraction of sp³-hybridized carbons (Fsp3) is 0. The van der Waals surface area contributed by atoms with Crippen LogP contribution in [0.15, 0.2) is 167 Å². The number of fused-ring (bicyclic) bond motifs is 14. The van der Waals surface area contributed by atoms with Crippen LogP contribution in [0.3, 0.4) is 0 Å². The van der Waals surface area contributed by atoms with Gasteiger partial charge in [-0.15, -0.1) is 0 Å². The van der Waals surface area contributed by atoms with Gasteiger partial charge in [-0.2, -0.15) is 0 Å². The fourth-order valence-corrected chi connectivity index (χ4v) is 9.14. The third-order valence-electron chi connectivity index (χ3n) is 11.5. The summed E-state index contributed by atoms with van der Waals surface area (Å²) < 4.78 is 29.2. The van der Waals surface area contributed by atoms with E-state index in [-0.39, 0.29) is 6.92 Å². The predicted octanol–water partition coefficient (Wildman–Crippen LogP) is 11.5. The van der Waals surface area contributed by atoms with Gasteiger partial charge in [0.2, 0.25) is 0 Å². The standard InChI is InChI=1S/C48H26BNO4/c1-5-16-38-30(10-1)31-11-2-6-17-39(31)50(38)28-25-36-33-13-4-8-19-41(33)54-49-37-24-27(20-22-42(37)51-44(26-28)46(36)49)29-14-9-15-35-45-43(53-47(29)35)23-21-34-32-12-3-7-18-40(32)52-48(34)45/h1-26H. The minimum absolute atomic E-state index is 0.356. The first kappa shape index (κ1) is 28.4. The number of benzene rings is 8. The van der Waals surface area contributed by atoms with Crippen LogP contribution < -0.4 is 20.3 Å². The lowest BCUT2D eigenvalue weighted by Gasteiger charge is -2.33. The molecule has 0 N–H and O–H groups in total. The van der Waals surface area contributed by atoms with Crippen LogP contribution in [0.1, 0.15) is 0 Å². The maximum Gasteiger partial charge on any atom is 0.434 e. The number of furan rings is 2. The Labute approximate surface area is 308 Å². The maximum atomic E-state index is 6.92. The van der Waals surface area contributed by atoms with Crippen molar-refractivity contribution in [3.63, 3.8) is 0 Å². The zero-order valence-corrected chi connectivity index (χ0v) is 28.7. The van der Waals surface area contributed by atoms with E-state index in [9.17, 15) is 0 Å². The van der Waals surface area contributed by atoms with Crippen LogP contribution in [0, 0.1) is 0 Å². The lowest BCUT2D eigenvalue weighted by molar-refractivity contribution is 0.479. The molecule has 2 aliphatic rings. The zero-order chi connectivity index (χ0) is 35.1. The van der Waals surface area contributed by atoms with Crippen LogP contribution in [0.25, 0.3) is 93.6 Å². The molecule has 0 amide bonds. The van der Waals surface area contributed by atoms with Gasteiger partial charge in [-0.3, -0.25) is 0 Å². The van der Waals surface area contributed by atoms with Gasteiger partial charge >= 0.3 is 6.92 Å². The van der Waals surface area contributed by atoms with E-state index in [1.807, 2.05) is 24.3 Å². The molecule has 8 aromatic carbocycles. The van der Waals surface area contributed by atoms with Crippen molar-refractivity contribution in [2.75, 3.05) is 0 Å². The number of ether oxygens (including phenoxy) is 1. The largest absolute Gasteiger partial charge is 0.551 e. The molecule has 2 aliphatic heterocycles. The van der Waals surface area contributed by atoms with E-state index in [2.05, 4.69) is 138 Å². The number of para-hydroxylation sites is 5. The van der Waals surface area contributed by atoms with Gasteiger partial charge in [-0.1, -0.05) is 103 Å². The first-order chi connectivity index (χ1) is 26.8. The second-order valence-electron chi connectivity index (χ2n) is 14.3. The van der Waals surface area contributed by atoms with E-state index in [1.54, 1.807) is 0 Å². The summed E-state index contributed by atoms with van der Waals surface area (Å²) in [7, 11) is 0. The number of hydrogen-bond donors (Lipinski definition) is 0. The monoisotopic (exact) mass is 691 g/mol. The Balaban J connectivity index is 1.00. The Morgan fingerprint density at radius 1 is 0.444 bits per heavy atom. The molecule has 0 saturated carbocycles.